The highest BCUT2D eigenvalue weighted by atomic mass is 19.3. The van der Waals surface area contributed by atoms with Crippen molar-refractivity contribution in [2.45, 2.75) is 19.0 Å². The molecule has 0 spiro atoms. The smallest absolute Gasteiger partial charge is 0.333 e. The molecule has 10 nitrogen and oxygen atoms in total. The Kier molecular flexibility index (Phi) is 4.50. The number of halogens is 3. The van der Waals surface area contributed by atoms with Crippen LogP contribution in [0, 0.1) is 5.82 Å². The number of para-hydroxylation sites is 1. The second kappa shape index (κ2) is 7.57. The van der Waals surface area contributed by atoms with E-state index in [0.29, 0.717) is 22.4 Å². The summed E-state index contributed by atoms with van der Waals surface area (Å²) >= 11 is 0. The molecule has 0 bridgehead atoms. The van der Waals surface area contributed by atoms with Crippen molar-refractivity contribution in [2.24, 2.45) is 0 Å². The number of carbonyl (C=O) groups is 1. The molecule has 0 saturated heterocycles. The number of fused-ring (bicyclic) bond motifs is 2. The van der Waals surface area contributed by atoms with E-state index < -0.39 is 24.3 Å². The van der Waals surface area contributed by atoms with Gasteiger partial charge in [0.2, 0.25) is 0 Å². The Morgan fingerprint density at radius 1 is 1.21 bits per heavy atom. The van der Waals surface area contributed by atoms with Gasteiger partial charge in [-0.3, -0.25) is 4.79 Å². The van der Waals surface area contributed by atoms with Crippen LogP contribution in [0.2, 0.25) is 0 Å². The van der Waals surface area contributed by atoms with Crippen LogP contribution in [0.1, 0.15) is 40.4 Å². The topological polar surface area (TPSA) is 119 Å². The van der Waals surface area contributed by atoms with Crippen molar-refractivity contribution in [3.8, 4) is 11.5 Å². The summed E-state index contributed by atoms with van der Waals surface area (Å²) < 4.78 is 52.7. The number of alkyl halides is 2. The number of imidazole rings is 1. The Hall–Kier alpha value is -4.42. The molecule has 0 aliphatic carbocycles. The van der Waals surface area contributed by atoms with E-state index in [-0.39, 0.29) is 35.0 Å². The first-order chi connectivity index (χ1) is 16.5. The molecule has 1 atom stereocenters. The Bertz CT molecular complexity index is 1520. The summed E-state index contributed by atoms with van der Waals surface area (Å²) in [5.41, 5.74) is 1.65. The second-order valence-electron chi connectivity index (χ2n) is 7.59. The van der Waals surface area contributed by atoms with E-state index >= 15 is 4.39 Å². The van der Waals surface area contributed by atoms with Crippen LogP contribution in [0.15, 0.2) is 51.8 Å². The van der Waals surface area contributed by atoms with E-state index in [0.717, 1.165) is 18.1 Å². The van der Waals surface area contributed by atoms with Crippen molar-refractivity contribution >= 4 is 16.9 Å². The molecule has 0 radical (unpaired) electrons. The number of aromatic amines is 1. The van der Waals surface area contributed by atoms with Crippen LogP contribution in [0.5, 0.6) is 0 Å². The normalized spacial score (nSPS) is 15.9. The summed E-state index contributed by atoms with van der Waals surface area (Å²) in [6.45, 7) is -2.65. The van der Waals surface area contributed by atoms with Crippen molar-refractivity contribution in [3.63, 3.8) is 0 Å². The van der Waals surface area contributed by atoms with E-state index in [9.17, 15) is 13.6 Å². The van der Waals surface area contributed by atoms with Gasteiger partial charge in [0.15, 0.2) is 11.6 Å². The average Bonchev–Trinajstić information content (AvgIpc) is 3.64. The minimum absolute atomic E-state index is 0.0689. The monoisotopic (exact) mass is 469 g/mol. The van der Waals surface area contributed by atoms with Crippen LogP contribution in [0.3, 0.4) is 0 Å². The fraction of sp³-hybridized carbons (Fsp3) is 0.190. The van der Waals surface area contributed by atoms with Crippen molar-refractivity contribution in [1.29, 1.82) is 0 Å². The minimum Gasteiger partial charge on any atom is -0.455 e. The fourth-order valence-electron chi connectivity index (χ4n) is 4.07. The SMILES string of the molecule is O=C(c1nnc(-c2cnn(C(F)F)c2)o1)N1CCc2[nH]cnc2[C@@H]1c1oc2ccccc2c1F. The van der Waals surface area contributed by atoms with Gasteiger partial charge >= 0.3 is 18.3 Å². The summed E-state index contributed by atoms with van der Waals surface area (Å²) in [5, 5.41) is 11.3. The molecule has 0 unspecified atom stereocenters. The number of carbonyl (C=O) groups excluding carboxylic acids is 1. The van der Waals surface area contributed by atoms with E-state index in [1.807, 2.05) is 0 Å². The summed E-state index contributed by atoms with van der Waals surface area (Å²) in [4.78, 5) is 22.0. The van der Waals surface area contributed by atoms with Crippen LogP contribution in [-0.4, -0.2) is 47.3 Å². The minimum atomic E-state index is -2.84. The van der Waals surface area contributed by atoms with Gasteiger partial charge in [-0.2, -0.15) is 13.9 Å². The van der Waals surface area contributed by atoms with Crippen molar-refractivity contribution in [1.82, 2.24) is 34.8 Å². The maximum atomic E-state index is 15.4. The maximum absolute atomic E-state index is 15.4. The quantitative estimate of drug-likeness (QED) is 0.426. The van der Waals surface area contributed by atoms with Crippen LogP contribution >= 0.6 is 0 Å². The van der Waals surface area contributed by atoms with E-state index in [2.05, 4.69) is 25.3 Å². The van der Waals surface area contributed by atoms with Gasteiger partial charge in [-0.1, -0.05) is 12.1 Å². The molecule has 34 heavy (non-hydrogen) atoms. The van der Waals surface area contributed by atoms with Gasteiger partial charge in [-0.05, 0) is 12.1 Å². The molecule has 13 heteroatoms. The van der Waals surface area contributed by atoms with E-state index in [1.165, 1.54) is 11.2 Å². The molecule has 1 N–H and O–H groups in total. The lowest BCUT2D eigenvalue weighted by molar-refractivity contribution is 0.0565. The fourth-order valence-corrected chi connectivity index (χ4v) is 4.07. The molecule has 5 heterocycles. The van der Waals surface area contributed by atoms with Gasteiger partial charge in [0.05, 0.1) is 29.2 Å². The summed E-state index contributed by atoms with van der Waals surface area (Å²) in [6.07, 6.45) is 4.05. The number of aromatic nitrogens is 6. The maximum Gasteiger partial charge on any atom is 0.333 e. The first-order valence-corrected chi connectivity index (χ1v) is 10.2. The molecule has 1 amide bonds. The zero-order chi connectivity index (χ0) is 23.4. The highest BCUT2D eigenvalue weighted by Gasteiger charge is 2.40. The largest absolute Gasteiger partial charge is 0.455 e. The number of amides is 1. The number of hydrogen-bond donors (Lipinski definition) is 1. The zero-order valence-corrected chi connectivity index (χ0v) is 17.2. The van der Waals surface area contributed by atoms with Gasteiger partial charge in [0.25, 0.3) is 5.89 Å². The predicted molar refractivity (Wildman–Crippen MR) is 108 cm³/mol. The van der Waals surface area contributed by atoms with Crippen molar-refractivity contribution in [3.05, 3.63) is 71.8 Å². The van der Waals surface area contributed by atoms with Gasteiger partial charge in [-0.25, -0.2) is 14.1 Å². The molecule has 1 aliphatic heterocycles. The van der Waals surface area contributed by atoms with Crippen molar-refractivity contribution in [2.75, 3.05) is 6.54 Å². The molecular weight excluding hydrogens is 455 g/mol. The van der Waals surface area contributed by atoms with Crippen LogP contribution in [0.4, 0.5) is 13.2 Å². The van der Waals surface area contributed by atoms with Crippen molar-refractivity contribution < 1.29 is 26.8 Å². The number of hydrogen-bond acceptors (Lipinski definition) is 7. The van der Waals surface area contributed by atoms with E-state index in [4.69, 9.17) is 8.83 Å². The highest BCUT2D eigenvalue weighted by Crippen LogP contribution is 2.39. The van der Waals surface area contributed by atoms with Crippen LogP contribution in [-0.2, 0) is 6.42 Å². The lowest BCUT2D eigenvalue weighted by Gasteiger charge is -2.32. The summed E-state index contributed by atoms with van der Waals surface area (Å²) in [6, 6.07) is 5.64. The van der Waals surface area contributed by atoms with Crippen LogP contribution in [0.25, 0.3) is 22.4 Å². The third-order valence-corrected chi connectivity index (χ3v) is 5.65. The number of benzene rings is 1. The molecular formula is C21H14F3N7O3. The number of H-pyrrole nitrogens is 1. The molecule has 172 valence electrons. The molecule has 0 fully saturated rings. The second-order valence-corrected chi connectivity index (χ2v) is 7.59. The first-order valence-electron chi connectivity index (χ1n) is 10.2. The Morgan fingerprint density at radius 2 is 2.06 bits per heavy atom. The summed E-state index contributed by atoms with van der Waals surface area (Å²) in [7, 11) is 0. The molecule has 5 aromatic rings. The Labute approximate surface area is 188 Å². The molecule has 6 rings (SSSR count). The molecule has 0 saturated carbocycles. The number of furan rings is 1. The molecule has 1 aromatic carbocycles. The van der Waals surface area contributed by atoms with Gasteiger partial charge in [-0.15, -0.1) is 10.2 Å². The third-order valence-electron chi connectivity index (χ3n) is 5.65. The van der Waals surface area contributed by atoms with E-state index in [1.54, 1.807) is 24.3 Å². The molecule has 1 aliphatic rings. The standard InChI is InChI=1S/C21H14F3N7O3/c22-14-11-3-1-2-4-13(11)33-17(14)16-15-12(25-9-26-15)5-6-30(16)20(32)19-29-28-18(34-19)10-7-27-31(8-10)21(23)24/h1-4,7-9,16,21H,5-6H2,(H,25,26)/t16-/m1/s1. The number of rotatable bonds is 4. The predicted octanol–water partition coefficient (Wildman–Crippen LogP) is 3.72. The van der Waals surface area contributed by atoms with Gasteiger partial charge in [0, 0.05) is 24.9 Å². The Balaban J connectivity index is 1.39. The molecule has 4 aromatic heterocycles. The highest BCUT2D eigenvalue weighted by molar-refractivity contribution is 5.91. The average molecular weight is 469 g/mol. The lowest BCUT2D eigenvalue weighted by Crippen LogP contribution is -2.41. The Morgan fingerprint density at radius 3 is 2.85 bits per heavy atom. The van der Waals surface area contributed by atoms with Crippen LogP contribution < -0.4 is 0 Å². The first kappa shape index (κ1) is 20.2. The van der Waals surface area contributed by atoms with Gasteiger partial charge < -0.3 is 18.7 Å². The summed E-state index contributed by atoms with van der Waals surface area (Å²) in [5.74, 6) is -1.89. The van der Waals surface area contributed by atoms with Gasteiger partial charge in [0.1, 0.15) is 11.6 Å². The lowest BCUT2D eigenvalue weighted by atomic mass is 9.99. The zero-order valence-electron chi connectivity index (χ0n) is 17.2. The number of nitrogens with zero attached hydrogens (tertiary/aromatic N) is 6. The third kappa shape index (κ3) is 3.08. The number of nitrogens with one attached hydrogen (secondary N) is 1.